The van der Waals surface area contributed by atoms with Gasteiger partial charge in [0.05, 0.1) is 17.3 Å². The second-order valence-electron chi connectivity index (χ2n) is 6.95. The minimum Gasteiger partial charge on any atom is -0.330 e. The molecule has 1 saturated heterocycles. The van der Waals surface area contributed by atoms with Crippen molar-refractivity contribution in [3.8, 4) is 0 Å². The average Bonchev–Trinajstić information content (AvgIpc) is 2.93. The summed E-state index contributed by atoms with van der Waals surface area (Å²) in [6, 6.07) is 8.72. The van der Waals surface area contributed by atoms with Crippen molar-refractivity contribution in [2.24, 2.45) is 7.05 Å². The van der Waals surface area contributed by atoms with Crippen LogP contribution in [0.1, 0.15) is 46.9 Å². The summed E-state index contributed by atoms with van der Waals surface area (Å²) >= 11 is 6.19. The molecule has 0 spiro atoms. The fraction of sp³-hybridized carbons (Fsp3) is 0.474. The highest BCUT2D eigenvalue weighted by molar-refractivity contribution is 6.33. The van der Waals surface area contributed by atoms with E-state index in [-0.39, 0.29) is 11.9 Å². The van der Waals surface area contributed by atoms with E-state index in [2.05, 4.69) is 48.4 Å². The number of hydrogen-bond acceptors (Lipinski definition) is 3. The molecule has 2 aromatic rings. The highest BCUT2D eigenvalue weighted by atomic mass is 35.5. The fourth-order valence-corrected chi connectivity index (χ4v) is 3.77. The van der Waals surface area contributed by atoms with Crippen LogP contribution in [0.2, 0.25) is 5.02 Å². The van der Waals surface area contributed by atoms with Crippen molar-refractivity contribution >= 4 is 17.5 Å². The van der Waals surface area contributed by atoms with Gasteiger partial charge in [-0.25, -0.2) is 0 Å². The molecule has 1 aliphatic rings. The zero-order chi connectivity index (χ0) is 18.0. The Bertz CT molecular complexity index is 719. The molecule has 5 nitrogen and oxygen atoms in total. The van der Waals surface area contributed by atoms with Crippen LogP contribution in [0.5, 0.6) is 0 Å². The largest absolute Gasteiger partial charge is 0.330 e. The molecule has 1 aromatic heterocycles. The molecule has 25 heavy (non-hydrogen) atoms. The Balaban J connectivity index is 1.85. The third-order valence-electron chi connectivity index (χ3n) is 4.72. The van der Waals surface area contributed by atoms with Gasteiger partial charge in [0.1, 0.15) is 5.69 Å². The van der Waals surface area contributed by atoms with Gasteiger partial charge < -0.3 is 9.80 Å². The Morgan fingerprint density at radius 2 is 2.00 bits per heavy atom. The summed E-state index contributed by atoms with van der Waals surface area (Å²) in [6.07, 6.45) is 4.67. The molecule has 0 radical (unpaired) electrons. The smallest absolute Gasteiger partial charge is 0.274 e. The van der Waals surface area contributed by atoms with Gasteiger partial charge in [0.15, 0.2) is 0 Å². The zero-order valence-corrected chi connectivity index (χ0v) is 15.8. The van der Waals surface area contributed by atoms with Gasteiger partial charge >= 0.3 is 0 Å². The maximum absolute atomic E-state index is 13.1. The molecule has 0 N–H and O–H groups in total. The molecular weight excluding hydrogens is 336 g/mol. The number of hydrogen-bond donors (Lipinski definition) is 0. The number of aromatic nitrogens is 2. The van der Waals surface area contributed by atoms with Crippen molar-refractivity contribution in [2.45, 2.75) is 31.8 Å². The van der Waals surface area contributed by atoms with E-state index in [0.29, 0.717) is 10.7 Å². The van der Waals surface area contributed by atoms with Crippen LogP contribution in [0, 0.1) is 0 Å². The number of nitrogens with zero attached hydrogens (tertiary/aromatic N) is 4. The second-order valence-corrected chi connectivity index (χ2v) is 7.36. The van der Waals surface area contributed by atoms with E-state index >= 15 is 0 Å². The van der Waals surface area contributed by atoms with Gasteiger partial charge in [0, 0.05) is 20.1 Å². The van der Waals surface area contributed by atoms with Crippen molar-refractivity contribution in [1.82, 2.24) is 19.6 Å². The van der Waals surface area contributed by atoms with Gasteiger partial charge in [-0.2, -0.15) is 5.10 Å². The number of rotatable bonds is 4. The molecule has 1 aliphatic heterocycles. The number of carbonyl (C=O) groups excluding carboxylic acids is 1. The van der Waals surface area contributed by atoms with Gasteiger partial charge in [-0.15, -0.1) is 0 Å². The number of aryl methyl sites for hydroxylation is 1. The van der Waals surface area contributed by atoms with Crippen molar-refractivity contribution in [3.63, 3.8) is 0 Å². The van der Waals surface area contributed by atoms with Crippen LogP contribution in [0.4, 0.5) is 0 Å². The summed E-state index contributed by atoms with van der Waals surface area (Å²) in [5, 5.41) is 4.52. The van der Waals surface area contributed by atoms with Gasteiger partial charge in [0.25, 0.3) is 5.91 Å². The lowest BCUT2D eigenvalue weighted by Crippen LogP contribution is -2.39. The van der Waals surface area contributed by atoms with Crippen LogP contribution in [-0.2, 0) is 13.6 Å². The van der Waals surface area contributed by atoms with Crippen molar-refractivity contribution < 1.29 is 4.79 Å². The van der Waals surface area contributed by atoms with Gasteiger partial charge in [0.2, 0.25) is 0 Å². The third-order valence-corrected chi connectivity index (χ3v) is 5.00. The maximum Gasteiger partial charge on any atom is 0.274 e. The number of likely N-dealkylation sites (tertiary alicyclic amines) is 1. The van der Waals surface area contributed by atoms with Crippen molar-refractivity contribution in [2.75, 3.05) is 20.6 Å². The second kappa shape index (κ2) is 7.58. The lowest BCUT2D eigenvalue weighted by atomic mass is 9.94. The minimum atomic E-state index is -0.0351. The molecule has 1 aromatic carbocycles. The Labute approximate surface area is 154 Å². The first-order chi connectivity index (χ1) is 12.0. The minimum absolute atomic E-state index is 0.0351. The van der Waals surface area contributed by atoms with Crippen LogP contribution in [0.3, 0.4) is 0 Å². The Hall–Kier alpha value is -1.85. The highest BCUT2D eigenvalue weighted by Crippen LogP contribution is 2.33. The summed E-state index contributed by atoms with van der Waals surface area (Å²) < 4.78 is 1.57. The van der Waals surface area contributed by atoms with Gasteiger partial charge in [-0.3, -0.25) is 9.48 Å². The lowest BCUT2D eigenvalue weighted by Gasteiger charge is -2.36. The third kappa shape index (κ3) is 3.88. The Kier molecular flexibility index (Phi) is 5.45. The van der Waals surface area contributed by atoms with Crippen LogP contribution in [0.25, 0.3) is 0 Å². The van der Waals surface area contributed by atoms with Gasteiger partial charge in [-0.1, -0.05) is 35.9 Å². The molecular formula is C19H25ClN4O. The fourth-order valence-electron chi connectivity index (χ4n) is 3.52. The summed E-state index contributed by atoms with van der Waals surface area (Å²) in [4.78, 5) is 17.2. The standard InChI is InChI=1S/C19H25ClN4O/c1-22(2)13-14-7-9-15(10-8-14)17-6-4-5-11-24(17)19(25)18-16(20)12-21-23(18)3/h7-10,12,17H,4-6,11,13H2,1-3H3/t17-/m0/s1. The molecule has 0 saturated carbocycles. The molecule has 0 bridgehead atoms. The average molecular weight is 361 g/mol. The van der Waals surface area contributed by atoms with Crippen molar-refractivity contribution in [3.05, 3.63) is 52.3 Å². The SMILES string of the molecule is CN(C)Cc1ccc([C@@H]2CCCCN2C(=O)c2c(Cl)cnn2C)cc1. The van der Waals surface area contributed by atoms with E-state index in [0.717, 1.165) is 32.4 Å². The summed E-state index contributed by atoms with van der Waals surface area (Å²) in [7, 11) is 5.88. The zero-order valence-electron chi connectivity index (χ0n) is 15.1. The summed E-state index contributed by atoms with van der Waals surface area (Å²) in [5.41, 5.74) is 2.93. The van der Waals surface area contributed by atoms with E-state index in [1.54, 1.807) is 11.7 Å². The Morgan fingerprint density at radius 1 is 1.28 bits per heavy atom. The van der Waals surface area contributed by atoms with Crippen LogP contribution >= 0.6 is 11.6 Å². The summed E-state index contributed by atoms with van der Waals surface area (Å²) in [6.45, 7) is 1.67. The highest BCUT2D eigenvalue weighted by Gasteiger charge is 2.31. The van der Waals surface area contributed by atoms with E-state index in [1.807, 2.05) is 4.90 Å². The molecule has 2 heterocycles. The van der Waals surface area contributed by atoms with Crippen LogP contribution in [0.15, 0.2) is 30.5 Å². The first-order valence-corrected chi connectivity index (χ1v) is 9.07. The number of amides is 1. The monoisotopic (exact) mass is 360 g/mol. The first kappa shape index (κ1) is 18.0. The molecule has 0 unspecified atom stereocenters. The predicted octanol–water partition coefficient (Wildman–Crippen LogP) is 3.50. The van der Waals surface area contributed by atoms with Crippen LogP contribution in [-0.4, -0.2) is 46.1 Å². The molecule has 0 aliphatic carbocycles. The lowest BCUT2D eigenvalue weighted by molar-refractivity contribution is 0.0600. The molecule has 3 rings (SSSR count). The molecule has 1 atom stereocenters. The van der Waals surface area contributed by atoms with Gasteiger partial charge in [-0.05, 0) is 44.5 Å². The number of piperidine rings is 1. The molecule has 134 valence electrons. The van der Waals surface area contributed by atoms with E-state index < -0.39 is 0 Å². The number of carbonyl (C=O) groups is 1. The number of halogens is 1. The normalized spacial score (nSPS) is 18.0. The molecule has 1 amide bonds. The topological polar surface area (TPSA) is 41.4 Å². The maximum atomic E-state index is 13.1. The van der Waals surface area contributed by atoms with E-state index in [4.69, 9.17) is 11.6 Å². The number of benzene rings is 1. The summed E-state index contributed by atoms with van der Waals surface area (Å²) in [5.74, 6) is -0.0351. The van der Waals surface area contributed by atoms with Crippen LogP contribution < -0.4 is 0 Å². The van der Waals surface area contributed by atoms with E-state index in [1.165, 1.54) is 17.3 Å². The quantitative estimate of drug-likeness (QED) is 0.837. The van der Waals surface area contributed by atoms with Crippen molar-refractivity contribution in [1.29, 1.82) is 0 Å². The Morgan fingerprint density at radius 3 is 2.60 bits per heavy atom. The molecule has 6 heteroatoms. The predicted molar refractivity (Wildman–Crippen MR) is 99.7 cm³/mol. The van der Waals surface area contributed by atoms with E-state index in [9.17, 15) is 4.79 Å². The first-order valence-electron chi connectivity index (χ1n) is 8.69. The molecule has 1 fully saturated rings.